The van der Waals surface area contributed by atoms with Crippen LogP contribution in [-0.4, -0.2) is 18.8 Å². The van der Waals surface area contributed by atoms with Gasteiger partial charge >= 0.3 is 12.2 Å². The van der Waals surface area contributed by atoms with Crippen LogP contribution in [0.1, 0.15) is 12.5 Å². The van der Waals surface area contributed by atoms with E-state index >= 15 is 0 Å². The molecule has 23 heavy (non-hydrogen) atoms. The molecular formula is C17H18N2O4. The van der Waals surface area contributed by atoms with Crippen molar-refractivity contribution in [3.8, 4) is 5.75 Å². The lowest BCUT2D eigenvalue weighted by Gasteiger charge is -2.09. The minimum atomic E-state index is -0.608. The summed E-state index contributed by atoms with van der Waals surface area (Å²) >= 11 is 0. The number of ether oxygens (including phenoxy) is 2. The molecule has 2 N–H and O–H groups in total. The van der Waals surface area contributed by atoms with Crippen LogP contribution in [0.15, 0.2) is 48.5 Å². The van der Waals surface area contributed by atoms with E-state index in [1.54, 1.807) is 31.2 Å². The third kappa shape index (κ3) is 5.35. The van der Waals surface area contributed by atoms with E-state index in [-0.39, 0.29) is 6.61 Å². The Balaban J connectivity index is 1.97. The van der Waals surface area contributed by atoms with Gasteiger partial charge in [-0.1, -0.05) is 18.2 Å². The summed E-state index contributed by atoms with van der Waals surface area (Å²) in [6.45, 7) is 3.93. The highest BCUT2D eigenvalue weighted by Crippen LogP contribution is 2.18. The second-order valence-electron chi connectivity index (χ2n) is 4.76. The molecule has 0 radical (unpaired) electrons. The SMILES string of the molecule is CCOC(=O)Nc1cccc(OC(=O)Nc2cccc(C)c2)c1. The van der Waals surface area contributed by atoms with Gasteiger partial charge in [-0.15, -0.1) is 0 Å². The lowest BCUT2D eigenvalue weighted by atomic mass is 10.2. The van der Waals surface area contributed by atoms with Gasteiger partial charge in [0, 0.05) is 17.4 Å². The van der Waals surface area contributed by atoms with Crippen LogP contribution in [-0.2, 0) is 4.74 Å². The van der Waals surface area contributed by atoms with Gasteiger partial charge in [-0.2, -0.15) is 0 Å². The summed E-state index contributed by atoms with van der Waals surface area (Å²) in [7, 11) is 0. The molecule has 0 aliphatic heterocycles. The van der Waals surface area contributed by atoms with E-state index in [0.717, 1.165) is 5.56 Å². The van der Waals surface area contributed by atoms with Crippen LogP contribution < -0.4 is 15.4 Å². The lowest BCUT2D eigenvalue weighted by molar-refractivity contribution is 0.168. The third-order valence-electron chi connectivity index (χ3n) is 2.83. The first-order chi connectivity index (χ1) is 11.1. The third-order valence-corrected chi connectivity index (χ3v) is 2.83. The fourth-order valence-corrected chi connectivity index (χ4v) is 1.90. The zero-order chi connectivity index (χ0) is 16.7. The van der Waals surface area contributed by atoms with Crippen molar-refractivity contribution in [3.63, 3.8) is 0 Å². The van der Waals surface area contributed by atoms with Crippen LogP contribution in [0.25, 0.3) is 0 Å². The molecule has 0 spiro atoms. The maximum Gasteiger partial charge on any atom is 0.417 e. The van der Waals surface area contributed by atoms with Gasteiger partial charge in [0.15, 0.2) is 0 Å². The van der Waals surface area contributed by atoms with Gasteiger partial charge in [-0.25, -0.2) is 9.59 Å². The van der Waals surface area contributed by atoms with Crippen LogP contribution in [0.4, 0.5) is 21.0 Å². The summed E-state index contributed by atoms with van der Waals surface area (Å²) in [6.07, 6.45) is -1.17. The first kappa shape index (κ1) is 16.4. The molecule has 2 aromatic rings. The summed E-state index contributed by atoms with van der Waals surface area (Å²) < 4.78 is 9.99. The first-order valence-electron chi connectivity index (χ1n) is 7.16. The molecule has 0 aliphatic rings. The fraction of sp³-hybridized carbons (Fsp3) is 0.176. The minimum absolute atomic E-state index is 0.279. The molecule has 6 nitrogen and oxygen atoms in total. The van der Waals surface area contributed by atoms with Crippen LogP contribution in [0, 0.1) is 6.92 Å². The highest BCUT2D eigenvalue weighted by Gasteiger charge is 2.07. The number of amides is 2. The Hall–Kier alpha value is -3.02. The van der Waals surface area contributed by atoms with Gasteiger partial charge in [0.25, 0.3) is 0 Å². The second-order valence-corrected chi connectivity index (χ2v) is 4.76. The van der Waals surface area contributed by atoms with Crippen molar-refractivity contribution in [2.24, 2.45) is 0 Å². The summed E-state index contributed by atoms with van der Waals surface area (Å²) in [5, 5.41) is 5.18. The van der Waals surface area contributed by atoms with Crippen molar-refractivity contribution in [3.05, 3.63) is 54.1 Å². The Labute approximate surface area is 134 Å². The van der Waals surface area contributed by atoms with Gasteiger partial charge < -0.3 is 9.47 Å². The van der Waals surface area contributed by atoms with Gasteiger partial charge in [0.1, 0.15) is 5.75 Å². The molecule has 6 heteroatoms. The Bertz CT molecular complexity index is 700. The smallest absolute Gasteiger partial charge is 0.417 e. The fourth-order valence-electron chi connectivity index (χ4n) is 1.90. The summed E-state index contributed by atoms with van der Waals surface area (Å²) in [5.41, 5.74) is 2.16. The van der Waals surface area contributed by atoms with Crippen molar-refractivity contribution in [1.29, 1.82) is 0 Å². The number of benzene rings is 2. The van der Waals surface area contributed by atoms with E-state index in [1.165, 1.54) is 6.07 Å². The summed E-state index contributed by atoms with van der Waals surface area (Å²) in [5.74, 6) is 0.310. The topological polar surface area (TPSA) is 76.7 Å². The molecular weight excluding hydrogens is 296 g/mol. The number of anilines is 2. The molecule has 0 unspecified atom stereocenters. The van der Waals surface area contributed by atoms with Crippen molar-refractivity contribution < 1.29 is 19.1 Å². The van der Waals surface area contributed by atoms with E-state index in [9.17, 15) is 9.59 Å². The molecule has 0 bridgehead atoms. The van der Waals surface area contributed by atoms with Gasteiger partial charge in [0.2, 0.25) is 0 Å². The monoisotopic (exact) mass is 314 g/mol. The van der Waals surface area contributed by atoms with E-state index < -0.39 is 12.2 Å². The molecule has 2 rings (SSSR count). The first-order valence-corrected chi connectivity index (χ1v) is 7.16. The Morgan fingerprint density at radius 1 is 0.957 bits per heavy atom. The quantitative estimate of drug-likeness (QED) is 0.887. The number of hydrogen-bond donors (Lipinski definition) is 2. The van der Waals surface area contributed by atoms with Crippen molar-refractivity contribution >= 4 is 23.6 Å². The van der Waals surface area contributed by atoms with E-state index in [1.807, 2.05) is 25.1 Å². The highest BCUT2D eigenvalue weighted by atomic mass is 16.6. The molecule has 0 saturated carbocycles. The van der Waals surface area contributed by atoms with Crippen LogP contribution in [0.5, 0.6) is 5.75 Å². The van der Waals surface area contributed by atoms with Gasteiger partial charge in [-0.05, 0) is 43.7 Å². The average Bonchev–Trinajstić information content (AvgIpc) is 2.47. The maximum atomic E-state index is 11.9. The Kier molecular flexibility index (Phi) is 5.57. The van der Waals surface area contributed by atoms with E-state index in [0.29, 0.717) is 17.1 Å². The molecule has 0 aromatic heterocycles. The number of hydrogen-bond acceptors (Lipinski definition) is 4. The number of carbonyl (C=O) groups is 2. The Morgan fingerprint density at radius 2 is 1.61 bits per heavy atom. The van der Waals surface area contributed by atoms with Crippen molar-refractivity contribution in [1.82, 2.24) is 0 Å². The molecule has 120 valence electrons. The second kappa shape index (κ2) is 7.84. The lowest BCUT2D eigenvalue weighted by Crippen LogP contribution is -2.17. The average molecular weight is 314 g/mol. The van der Waals surface area contributed by atoms with Crippen LogP contribution in [0.2, 0.25) is 0 Å². The van der Waals surface area contributed by atoms with E-state index in [4.69, 9.17) is 9.47 Å². The molecule has 0 atom stereocenters. The molecule has 0 fully saturated rings. The van der Waals surface area contributed by atoms with Crippen LogP contribution in [0.3, 0.4) is 0 Å². The largest absolute Gasteiger partial charge is 0.450 e. The minimum Gasteiger partial charge on any atom is -0.450 e. The van der Waals surface area contributed by atoms with Gasteiger partial charge in [0.05, 0.1) is 6.61 Å². The molecule has 2 amide bonds. The van der Waals surface area contributed by atoms with Crippen molar-refractivity contribution in [2.75, 3.05) is 17.2 Å². The molecule has 0 saturated heterocycles. The van der Waals surface area contributed by atoms with E-state index in [2.05, 4.69) is 10.6 Å². The number of aryl methyl sites for hydroxylation is 1. The molecule has 2 aromatic carbocycles. The number of rotatable bonds is 4. The zero-order valence-electron chi connectivity index (χ0n) is 13.0. The molecule has 0 aliphatic carbocycles. The predicted molar refractivity (Wildman–Crippen MR) is 87.9 cm³/mol. The van der Waals surface area contributed by atoms with Gasteiger partial charge in [-0.3, -0.25) is 10.6 Å². The normalized spacial score (nSPS) is 9.83. The predicted octanol–water partition coefficient (Wildman–Crippen LogP) is 4.17. The maximum absolute atomic E-state index is 11.9. The standard InChI is InChI=1S/C17H18N2O4/c1-3-22-16(20)18-14-8-5-9-15(11-14)23-17(21)19-13-7-4-6-12(2)10-13/h4-11H,3H2,1-2H3,(H,18,20)(H,19,21). The van der Waals surface area contributed by atoms with Crippen LogP contribution >= 0.6 is 0 Å². The number of carbonyl (C=O) groups excluding carboxylic acids is 2. The number of nitrogens with one attached hydrogen (secondary N) is 2. The molecule has 0 heterocycles. The highest BCUT2D eigenvalue weighted by molar-refractivity contribution is 5.87. The van der Waals surface area contributed by atoms with Crippen molar-refractivity contribution in [2.45, 2.75) is 13.8 Å². The zero-order valence-corrected chi connectivity index (χ0v) is 13.0. The summed E-state index contributed by atoms with van der Waals surface area (Å²) in [6, 6.07) is 13.9. The Morgan fingerprint density at radius 3 is 2.30 bits per heavy atom. The summed E-state index contributed by atoms with van der Waals surface area (Å²) in [4.78, 5) is 23.2.